The molecule has 0 unspecified atom stereocenters. The predicted molar refractivity (Wildman–Crippen MR) is 131 cm³/mol. The third kappa shape index (κ3) is 5.48. The summed E-state index contributed by atoms with van der Waals surface area (Å²) >= 11 is 0. The van der Waals surface area contributed by atoms with Crippen molar-refractivity contribution < 1.29 is 48.3 Å². The smallest absolute Gasteiger partial charge is 0.534 e. The van der Waals surface area contributed by atoms with Crippen LogP contribution in [0.15, 0.2) is 36.4 Å². The van der Waals surface area contributed by atoms with Crippen LogP contribution < -0.4 is 15.3 Å². The molecule has 5 amide bonds. The summed E-state index contributed by atoms with van der Waals surface area (Å²) in [5.74, 6) is -7.15. The lowest BCUT2D eigenvalue weighted by molar-refractivity contribution is -0.153. The van der Waals surface area contributed by atoms with Crippen molar-refractivity contribution in [2.24, 2.45) is 0 Å². The number of piperazine rings is 1. The number of fused-ring (bicyclic) bond motifs is 1. The maximum atomic E-state index is 14.2. The van der Waals surface area contributed by atoms with Crippen molar-refractivity contribution in [2.75, 3.05) is 19.6 Å². The number of nitrogens with one attached hydrogen (secondary N) is 2. The average molecular weight is 542 g/mol. The third-order valence-electron chi connectivity index (χ3n) is 6.45. The van der Waals surface area contributed by atoms with Gasteiger partial charge in [0.25, 0.3) is 0 Å². The summed E-state index contributed by atoms with van der Waals surface area (Å²) in [6.45, 7) is 1.88. The predicted octanol–water partition coefficient (Wildman–Crippen LogP) is -0.189. The first kappa shape index (κ1) is 27.4. The number of para-hydroxylation sites is 1. The van der Waals surface area contributed by atoms with Crippen LogP contribution in [0, 0.1) is 5.82 Å². The van der Waals surface area contributed by atoms with Crippen molar-refractivity contribution in [3.05, 3.63) is 58.9 Å². The Morgan fingerprint density at radius 2 is 1.92 bits per heavy atom. The lowest BCUT2D eigenvalue weighted by Gasteiger charge is -2.33. The summed E-state index contributed by atoms with van der Waals surface area (Å²) < 4.78 is 19.5. The SMILES string of the molecule is CCN1CCN(C(=O)N[C@H](C(=O)N[C@H]2Cc3cccc(C(=O)O)c3OB2O)c2ccc(O)c(F)c2)C(=O)C1=O. The van der Waals surface area contributed by atoms with Crippen LogP contribution >= 0.6 is 0 Å². The first-order valence-corrected chi connectivity index (χ1v) is 11.9. The van der Waals surface area contributed by atoms with Gasteiger partial charge < -0.3 is 35.4 Å². The summed E-state index contributed by atoms with van der Waals surface area (Å²) in [5.41, 5.74) is 0.102. The van der Waals surface area contributed by atoms with Gasteiger partial charge in [-0.25, -0.2) is 14.0 Å². The molecule has 1 saturated heterocycles. The molecule has 0 bridgehead atoms. The van der Waals surface area contributed by atoms with E-state index in [1.54, 1.807) is 13.0 Å². The number of carbonyl (C=O) groups excluding carboxylic acids is 4. The molecule has 5 N–H and O–H groups in total. The molecule has 15 heteroatoms. The second-order valence-corrected chi connectivity index (χ2v) is 8.86. The molecule has 0 aromatic heterocycles. The van der Waals surface area contributed by atoms with Crippen LogP contribution in [0.3, 0.4) is 0 Å². The summed E-state index contributed by atoms with van der Waals surface area (Å²) in [6, 6.07) is 4.56. The second-order valence-electron chi connectivity index (χ2n) is 8.86. The monoisotopic (exact) mass is 542 g/mol. The largest absolute Gasteiger partial charge is 0.547 e. The van der Waals surface area contributed by atoms with Crippen LogP contribution in [-0.4, -0.2) is 87.5 Å². The molecule has 0 radical (unpaired) electrons. The van der Waals surface area contributed by atoms with Gasteiger partial charge in [-0.05, 0) is 42.7 Å². The molecule has 0 aliphatic carbocycles. The fraction of sp³-hybridized carbons (Fsp3) is 0.292. The van der Waals surface area contributed by atoms with Crippen LogP contribution in [0.4, 0.5) is 9.18 Å². The van der Waals surface area contributed by atoms with Gasteiger partial charge in [0.15, 0.2) is 11.6 Å². The van der Waals surface area contributed by atoms with Crippen molar-refractivity contribution >= 4 is 36.8 Å². The van der Waals surface area contributed by atoms with Crippen molar-refractivity contribution in [1.82, 2.24) is 20.4 Å². The van der Waals surface area contributed by atoms with Gasteiger partial charge >= 0.3 is 30.9 Å². The highest BCUT2D eigenvalue weighted by Crippen LogP contribution is 2.30. The quantitative estimate of drug-likeness (QED) is 0.244. The number of carboxylic acid groups (broad SMARTS) is 1. The fourth-order valence-electron chi connectivity index (χ4n) is 4.36. The topological polar surface area (TPSA) is 186 Å². The lowest BCUT2D eigenvalue weighted by Crippen LogP contribution is -2.60. The normalized spacial score (nSPS) is 17.7. The summed E-state index contributed by atoms with van der Waals surface area (Å²) in [5, 5.41) is 34.2. The molecule has 2 aliphatic heterocycles. The van der Waals surface area contributed by atoms with Crippen molar-refractivity contribution in [1.29, 1.82) is 0 Å². The number of carbonyl (C=O) groups is 5. The Bertz CT molecular complexity index is 1360. The van der Waals surface area contributed by atoms with Crippen molar-refractivity contribution in [3.8, 4) is 11.5 Å². The number of hydrogen-bond donors (Lipinski definition) is 5. The number of likely N-dealkylation sites (N-methyl/N-ethyl adjacent to an activating group) is 1. The average Bonchev–Trinajstić information content (AvgIpc) is 2.90. The number of phenolic OH excluding ortho intramolecular Hbond substituents is 1. The van der Waals surface area contributed by atoms with E-state index in [9.17, 15) is 43.6 Å². The van der Waals surface area contributed by atoms with Gasteiger partial charge in [-0.2, -0.15) is 0 Å². The van der Waals surface area contributed by atoms with Gasteiger partial charge in [0.05, 0.1) is 11.5 Å². The number of nitrogens with zero attached hydrogens (tertiary/aromatic N) is 2. The van der Waals surface area contributed by atoms with Crippen molar-refractivity contribution in [3.63, 3.8) is 0 Å². The molecule has 13 nitrogen and oxygen atoms in total. The molecule has 2 aromatic carbocycles. The highest BCUT2D eigenvalue weighted by atomic mass is 19.1. The molecular weight excluding hydrogens is 518 g/mol. The van der Waals surface area contributed by atoms with Gasteiger partial charge in [-0.1, -0.05) is 18.2 Å². The molecule has 0 spiro atoms. The molecule has 0 saturated carbocycles. The van der Waals surface area contributed by atoms with E-state index in [1.807, 2.05) is 0 Å². The van der Waals surface area contributed by atoms with E-state index in [0.717, 1.165) is 12.1 Å². The van der Waals surface area contributed by atoms with Crippen LogP contribution in [0.2, 0.25) is 0 Å². The minimum atomic E-state index is -1.67. The summed E-state index contributed by atoms with van der Waals surface area (Å²) in [7, 11) is -1.67. The number of aromatic hydroxyl groups is 1. The Balaban J connectivity index is 1.57. The Hall–Kier alpha value is -4.66. The third-order valence-corrected chi connectivity index (χ3v) is 6.45. The zero-order valence-electron chi connectivity index (χ0n) is 20.6. The molecule has 2 aliphatic rings. The van der Waals surface area contributed by atoms with E-state index in [2.05, 4.69) is 10.6 Å². The van der Waals surface area contributed by atoms with Crippen molar-refractivity contribution in [2.45, 2.75) is 25.3 Å². The van der Waals surface area contributed by atoms with Gasteiger partial charge in [0, 0.05) is 19.6 Å². The van der Waals surface area contributed by atoms with Gasteiger partial charge in [-0.15, -0.1) is 0 Å². The number of urea groups is 1. The maximum Gasteiger partial charge on any atom is 0.547 e. The van der Waals surface area contributed by atoms with Crippen LogP contribution in [-0.2, 0) is 20.8 Å². The zero-order chi connectivity index (χ0) is 28.4. The zero-order valence-corrected chi connectivity index (χ0v) is 20.6. The van der Waals surface area contributed by atoms with E-state index in [-0.39, 0.29) is 42.9 Å². The molecule has 2 heterocycles. The van der Waals surface area contributed by atoms with Crippen LogP contribution in [0.25, 0.3) is 0 Å². The molecule has 2 atom stereocenters. The highest BCUT2D eigenvalue weighted by Gasteiger charge is 2.41. The Morgan fingerprint density at radius 1 is 1.18 bits per heavy atom. The van der Waals surface area contributed by atoms with Gasteiger partial charge in [-0.3, -0.25) is 19.3 Å². The first-order chi connectivity index (χ1) is 18.5. The number of rotatable bonds is 6. The Morgan fingerprint density at radius 3 is 2.59 bits per heavy atom. The number of phenols is 1. The lowest BCUT2D eigenvalue weighted by atomic mass is 9.72. The van der Waals surface area contributed by atoms with E-state index in [0.29, 0.717) is 10.5 Å². The van der Waals surface area contributed by atoms with Crippen LogP contribution in [0.5, 0.6) is 11.5 Å². The highest BCUT2D eigenvalue weighted by molar-refractivity contribution is 6.47. The molecule has 204 valence electrons. The number of halogens is 1. The summed E-state index contributed by atoms with van der Waals surface area (Å²) in [6.07, 6.45) is -0.0417. The molecule has 4 rings (SSSR count). The summed E-state index contributed by atoms with van der Waals surface area (Å²) in [4.78, 5) is 64.4. The molecule has 39 heavy (non-hydrogen) atoms. The minimum absolute atomic E-state index is 0.0417. The number of hydrogen-bond acceptors (Lipinski definition) is 8. The maximum absolute atomic E-state index is 14.2. The number of amides is 5. The Labute approximate surface area is 221 Å². The molecule has 1 fully saturated rings. The molecular formula is C24H24BFN4O9. The van der Waals surface area contributed by atoms with Gasteiger partial charge in [0.2, 0.25) is 5.91 Å². The van der Waals surface area contributed by atoms with Gasteiger partial charge in [0.1, 0.15) is 11.8 Å². The number of benzene rings is 2. The fourth-order valence-corrected chi connectivity index (χ4v) is 4.36. The number of carboxylic acids is 1. The minimum Gasteiger partial charge on any atom is -0.534 e. The van der Waals surface area contributed by atoms with E-state index >= 15 is 0 Å². The second kappa shape index (κ2) is 11.0. The number of imide groups is 1. The number of aromatic carboxylic acids is 1. The first-order valence-electron chi connectivity index (χ1n) is 11.9. The molecule has 2 aromatic rings. The van der Waals surface area contributed by atoms with Crippen LogP contribution in [0.1, 0.15) is 34.5 Å². The van der Waals surface area contributed by atoms with E-state index in [4.69, 9.17) is 4.65 Å². The standard InChI is InChI=1S/C24H24BFN4O9/c1-2-29-8-9-30(22(34)21(29)33)24(37)28-18(12-6-7-16(31)15(26)10-12)20(32)27-17-11-13-4-3-5-14(23(35)36)19(13)39-25(17)38/h3-7,10,17-18,31,38H,2,8-9,11H2,1H3,(H,27,32)(H,28,37)(H,35,36)/t17-,18-/m0/s1. The van der Waals surface area contributed by atoms with E-state index in [1.165, 1.54) is 23.1 Å². The van der Waals surface area contributed by atoms with E-state index < -0.39 is 60.4 Å². The Kier molecular flexibility index (Phi) is 7.71.